The van der Waals surface area contributed by atoms with Gasteiger partial charge in [0.1, 0.15) is 33.4 Å². The van der Waals surface area contributed by atoms with Crippen LogP contribution in [0.15, 0.2) is 18.3 Å². The molecular formula is C23H25FN6O2S. The first kappa shape index (κ1) is 20.6. The third kappa shape index (κ3) is 3.67. The number of aryl methyl sites for hydroxylation is 1. The Labute approximate surface area is 194 Å². The lowest BCUT2D eigenvalue weighted by Crippen LogP contribution is -2.51. The van der Waals surface area contributed by atoms with Gasteiger partial charge >= 0.3 is 0 Å². The third-order valence-electron chi connectivity index (χ3n) is 6.69. The highest BCUT2D eigenvalue weighted by atomic mass is 32.1. The molecule has 2 bridgehead atoms. The fourth-order valence-electron chi connectivity index (χ4n) is 5.11. The molecule has 8 nitrogen and oxygen atoms in total. The first-order chi connectivity index (χ1) is 15.9. The first-order valence-corrected chi connectivity index (χ1v) is 12.0. The van der Waals surface area contributed by atoms with Crippen molar-refractivity contribution >= 4 is 39.0 Å². The van der Waals surface area contributed by atoms with Crippen LogP contribution in [0.1, 0.15) is 33.8 Å². The number of carbonyl (C=O) groups is 1. The molecule has 2 aromatic heterocycles. The number of nitrogens with zero attached hydrogens (tertiary/aromatic N) is 3. The number of benzene rings is 1. The molecule has 2 unspecified atom stereocenters. The number of aromatic nitrogens is 2. The zero-order chi connectivity index (χ0) is 22.7. The molecule has 2 saturated heterocycles. The monoisotopic (exact) mass is 468 g/mol. The molecule has 1 amide bonds. The second kappa shape index (κ2) is 7.81. The number of nitrogens with one attached hydrogen (secondary N) is 2. The molecule has 33 heavy (non-hydrogen) atoms. The number of nitrogens with two attached hydrogens (primary N) is 1. The molecule has 0 radical (unpaired) electrons. The van der Waals surface area contributed by atoms with Gasteiger partial charge in [0.25, 0.3) is 5.91 Å². The second-order valence-electron chi connectivity index (χ2n) is 9.15. The van der Waals surface area contributed by atoms with Crippen LogP contribution in [0, 0.1) is 12.7 Å². The van der Waals surface area contributed by atoms with Gasteiger partial charge in [0, 0.05) is 37.4 Å². The fraction of sp³-hybridized carbons (Fsp3) is 0.435. The topological polar surface area (TPSA) is 105 Å². The van der Waals surface area contributed by atoms with E-state index in [9.17, 15) is 4.79 Å². The number of halogens is 1. The van der Waals surface area contributed by atoms with E-state index in [0.29, 0.717) is 57.5 Å². The summed E-state index contributed by atoms with van der Waals surface area (Å²) in [4.78, 5) is 24.8. The van der Waals surface area contributed by atoms with Crippen molar-refractivity contribution in [3.8, 4) is 5.75 Å². The molecule has 5 heterocycles. The Kier molecular flexibility index (Phi) is 4.88. The molecule has 1 aromatic carbocycles. The number of nitrogen functional groups attached to an aromatic ring is 1. The quantitative estimate of drug-likeness (QED) is 0.542. The maximum absolute atomic E-state index is 15.1. The third-order valence-corrected chi connectivity index (χ3v) is 7.78. The summed E-state index contributed by atoms with van der Waals surface area (Å²) in [5.41, 5.74) is 9.16. The van der Waals surface area contributed by atoms with Crippen LogP contribution in [-0.2, 0) is 6.42 Å². The first-order valence-electron chi connectivity index (χ1n) is 11.2. The van der Waals surface area contributed by atoms with Gasteiger partial charge in [-0.1, -0.05) is 0 Å². The van der Waals surface area contributed by atoms with Crippen LogP contribution in [0.2, 0.25) is 0 Å². The molecular weight excluding hydrogens is 443 g/mol. The second-order valence-corrected chi connectivity index (χ2v) is 10.1. The maximum atomic E-state index is 15.1. The van der Waals surface area contributed by atoms with Crippen molar-refractivity contribution in [2.24, 2.45) is 0 Å². The van der Waals surface area contributed by atoms with Crippen LogP contribution in [0.4, 0.5) is 15.8 Å². The summed E-state index contributed by atoms with van der Waals surface area (Å²) in [6.07, 6.45) is 4.40. The van der Waals surface area contributed by atoms with Crippen LogP contribution in [0.3, 0.4) is 0 Å². The predicted molar refractivity (Wildman–Crippen MR) is 126 cm³/mol. The van der Waals surface area contributed by atoms with E-state index in [1.807, 2.05) is 13.0 Å². The smallest absolute Gasteiger partial charge is 0.263 e. The van der Waals surface area contributed by atoms with Crippen LogP contribution in [-0.4, -0.2) is 53.7 Å². The molecule has 10 heteroatoms. The summed E-state index contributed by atoms with van der Waals surface area (Å²) in [5, 5.41) is 6.55. The minimum atomic E-state index is -0.291. The molecule has 6 rings (SSSR count). The van der Waals surface area contributed by atoms with Crippen LogP contribution in [0.25, 0.3) is 10.3 Å². The number of ether oxygens (including phenoxy) is 1. The van der Waals surface area contributed by atoms with Crippen molar-refractivity contribution in [2.75, 3.05) is 30.3 Å². The van der Waals surface area contributed by atoms with Crippen LogP contribution < -0.4 is 26.0 Å². The standard InChI is InChI=1S/C23H25FN6O2S/c1-11-7-26-20-19(25)21(33-23(20)27-11)22(31)29-15-4-12-5-16(24)17(6-18(12)32-10-15)30-8-13-2-3-14(9-30)28-13/h5-7,13-15,28H,2-4,8-10,25H2,1H3,(H,29,31)/t13?,14?,15-/m0/s1. The lowest BCUT2D eigenvalue weighted by atomic mass is 10.0. The van der Waals surface area contributed by atoms with Crippen molar-refractivity contribution in [1.82, 2.24) is 20.6 Å². The van der Waals surface area contributed by atoms with Crippen molar-refractivity contribution in [3.63, 3.8) is 0 Å². The molecule has 0 spiro atoms. The minimum absolute atomic E-state index is 0.244. The average Bonchev–Trinajstić information content (AvgIpc) is 3.30. The van der Waals surface area contributed by atoms with Crippen molar-refractivity contribution < 1.29 is 13.9 Å². The molecule has 2 fully saturated rings. The van der Waals surface area contributed by atoms with Gasteiger partial charge in [-0.25, -0.2) is 14.4 Å². The molecule has 0 saturated carbocycles. The van der Waals surface area contributed by atoms with E-state index < -0.39 is 0 Å². The predicted octanol–water partition coefficient (Wildman–Crippen LogP) is 2.40. The summed E-state index contributed by atoms with van der Waals surface area (Å²) < 4.78 is 21.0. The Morgan fingerprint density at radius 1 is 1.33 bits per heavy atom. The number of fused-ring (bicyclic) bond motifs is 4. The highest BCUT2D eigenvalue weighted by Gasteiger charge is 2.34. The van der Waals surface area contributed by atoms with Crippen molar-refractivity contribution in [2.45, 2.75) is 44.3 Å². The van der Waals surface area contributed by atoms with E-state index >= 15 is 4.39 Å². The number of piperazine rings is 1. The lowest BCUT2D eigenvalue weighted by Gasteiger charge is -2.35. The highest BCUT2D eigenvalue weighted by molar-refractivity contribution is 7.21. The van der Waals surface area contributed by atoms with E-state index in [1.165, 1.54) is 11.3 Å². The summed E-state index contributed by atoms with van der Waals surface area (Å²) in [5.74, 6) is 0.153. The summed E-state index contributed by atoms with van der Waals surface area (Å²) in [6, 6.07) is 3.94. The SMILES string of the molecule is Cc1cnc2c(N)c(C(=O)N[C@@H]3COc4cc(N5CC6CCC(C5)N6)c(F)cc4C3)sc2n1. The molecule has 3 aromatic rings. The zero-order valence-electron chi connectivity index (χ0n) is 18.2. The van der Waals surface area contributed by atoms with Gasteiger partial charge in [-0.15, -0.1) is 11.3 Å². The van der Waals surface area contributed by atoms with Gasteiger partial charge in [-0.2, -0.15) is 0 Å². The normalized spacial score (nSPS) is 23.9. The average molecular weight is 469 g/mol. The van der Waals surface area contributed by atoms with E-state index in [-0.39, 0.29) is 17.8 Å². The Balaban J connectivity index is 1.18. The Bertz CT molecular complexity index is 1250. The van der Waals surface area contributed by atoms with Crippen LogP contribution >= 0.6 is 11.3 Å². The van der Waals surface area contributed by atoms with Gasteiger partial charge in [-0.3, -0.25) is 4.79 Å². The number of amides is 1. The molecule has 3 aliphatic rings. The minimum Gasteiger partial charge on any atom is -0.491 e. The summed E-state index contributed by atoms with van der Waals surface area (Å²) in [6.45, 7) is 3.78. The summed E-state index contributed by atoms with van der Waals surface area (Å²) in [7, 11) is 0. The molecule has 172 valence electrons. The molecule has 3 aliphatic heterocycles. The van der Waals surface area contributed by atoms with E-state index in [2.05, 4.69) is 25.5 Å². The molecule has 0 aliphatic carbocycles. The highest BCUT2D eigenvalue weighted by Crippen LogP contribution is 2.35. The number of hydrogen-bond acceptors (Lipinski definition) is 8. The number of carbonyl (C=O) groups excluding carboxylic acids is 1. The van der Waals surface area contributed by atoms with Gasteiger partial charge in [0.2, 0.25) is 0 Å². The van der Waals surface area contributed by atoms with Gasteiger partial charge in [0.05, 0.1) is 23.1 Å². The van der Waals surface area contributed by atoms with Gasteiger partial charge in [0.15, 0.2) is 0 Å². The largest absolute Gasteiger partial charge is 0.491 e. The van der Waals surface area contributed by atoms with Gasteiger partial charge < -0.3 is 26.0 Å². The van der Waals surface area contributed by atoms with Crippen molar-refractivity contribution in [1.29, 1.82) is 0 Å². The van der Waals surface area contributed by atoms with E-state index in [1.54, 1.807) is 12.3 Å². The Morgan fingerprint density at radius 3 is 2.91 bits per heavy atom. The van der Waals surface area contributed by atoms with E-state index in [0.717, 1.165) is 37.2 Å². The Morgan fingerprint density at radius 2 is 2.12 bits per heavy atom. The molecule has 4 N–H and O–H groups in total. The fourth-order valence-corrected chi connectivity index (χ4v) is 6.11. The number of rotatable bonds is 3. The van der Waals surface area contributed by atoms with Crippen molar-refractivity contribution in [3.05, 3.63) is 40.3 Å². The Hall–Kier alpha value is -2.98. The van der Waals surface area contributed by atoms with Crippen LogP contribution in [0.5, 0.6) is 5.75 Å². The zero-order valence-corrected chi connectivity index (χ0v) is 19.0. The summed E-state index contributed by atoms with van der Waals surface area (Å²) >= 11 is 1.22. The van der Waals surface area contributed by atoms with Gasteiger partial charge in [-0.05, 0) is 37.8 Å². The number of hydrogen-bond donors (Lipinski definition) is 3. The van der Waals surface area contributed by atoms with E-state index in [4.69, 9.17) is 10.5 Å². The number of anilines is 2. The number of thiophene rings is 1. The maximum Gasteiger partial charge on any atom is 0.263 e. The lowest BCUT2D eigenvalue weighted by molar-refractivity contribution is 0.0920. The molecule has 3 atom stereocenters.